The third-order valence-electron chi connectivity index (χ3n) is 2.76. The van der Waals surface area contributed by atoms with Gasteiger partial charge >= 0.3 is 5.97 Å². The SMILES string of the molecule is CC(Oc1cccc(Br)c1)C(=O)NCC(C)(C)C(=O)O. The van der Waals surface area contributed by atoms with Gasteiger partial charge in [-0.2, -0.15) is 0 Å². The van der Waals surface area contributed by atoms with Gasteiger partial charge in [0.05, 0.1) is 5.41 Å². The van der Waals surface area contributed by atoms with E-state index in [9.17, 15) is 9.59 Å². The Bertz CT molecular complexity index is 502. The summed E-state index contributed by atoms with van der Waals surface area (Å²) in [4.78, 5) is 22.8. The highest BCUT2D eigenvalue weighted by Gasteiger charge is 2.28. The summed E-state index contributed by atoms with van der Waals surface area (Å²) in [6.45, 7) is 4.77. The lowest BCUT2D eigenvalue weighted by molar-refractivity contribution is -0.147. The molecule has 1 unspecified atom stereocenters. The first-order chi connectivity index (χ1) is 9.22. The van der Waals surface area contributed by atoms with Crippen LogP contribution >= 0.6 is 15.9 Å². The lowest BCUT2D eigenvalue weighted by atomic mass is 9.94. The average Bonchev–Trinajstić information content (AvgIpc) is 2.35. The minimum Gasteiger partial charge on any atom is -0.481 e. The quantitative estimate of drug-likeness (QED) is 0.831. The molecule has 2 N–H and O–H groups in total. The van der Waals surface area contributed by atoms with Crippen LogP contribution in [0.25, 0.3) is 0 Å². The molecular weight excluding hydrogens is 326 g/mol. The lowest BCUT2D eigenvalue weighted by Crippen LogP contribution is -2.43. The smallest absolute Gasteiger partial charge is 0.310 e. The Morgan fingerprint density at radius 1 is 1.45 bits per heavy atom. The zero-order valence-corrected chi connectivity index (χ0v) is 13.2. The number of benzene rings is 1. The standard InChI is InChI=1S/C14H18BrNO4/c1-9(20-11-6-4-5-10(15)7-11)12(17)16-8-14(2,3)13(18)19/h4-7,9H,8H2,1-3H3,(H,16,17)(H,18,19). The van der Waals surface area contributed by atoms with E-state index >= 15 is 0 Å². The molecule has 6 heteroatoms. The molecule has 1 rings (SSSR count). The first kappa shape index (κ1) is 16.5. The van der Waals surface area contributed by atoms with Gasteiger partial charge in [-0.05, 0) is 39.0 Å². The molecule has 0 saturated heterocycles. The number of carboxylic acid groups (broad SMARTS) is 1. The van der Waals surface area contributed by atoms with Crippen molar-refractivity contribution in [3.8, 4) is 5.75 Å². The van der Waals surface area contributed by atoms with Gasteiger partial charge in [0, 0.05) is 11.0 Å². The van der Waals surface area contributed by atoms with E-state index < -0.39 is 17.5 Å². The van der Waals surface area contributed by atoms with Gasteiger partial charge in [-0.15, -0.1) is 0 Å². The fourth-order valence-corrected chi connectivity index (χ4v) is 1.70. The molecule has 5 nitrogen and oxygen atoms in total. The molecule has 20 heavy (non-hydrogen) atoms. The van der Waals surface area contributed by atoms with Crippen molar-refractivity contribution in [3.05, 3.63) is 28.7 Å². The van der Waals surface area contributed by atoms with Gasteiger partial charge in [-0.1, -0.05) is 22.0 Å². The zero-order chi connectivity index (χ0) is 15.3. The molecule has 0 fully saturated rings. The topological polar surface area (TPSA) is 75.6 Å². The van der Waals surface area contributed by atoms with Crippen molar-refractivity contribution in [2.24, 2.45) is 5.41 Å². The van der Waals surface area contributed by atoms with Crippen LogP contribution in [0.3, 0.4) is 0 Å². The summed E-state index contributed by atoms with van der Waals surface area (Å²) in [7, 11) is 0. The van der Waals surface area contributed by atoms with E-state index in [2.05, 4.69) is 21.2 Å². The molecule has 0 aliphatic heterocycles. The Balaban J connectivity index is 2.54. The van der Waals surface area contributed by atoms with Crippen molar-refractivity contribution >= 4 is 27.8 Å². The second-order valence-electron chi connectivity index (χ2n) is 5.12. The molecule has 0 aliphatic carbocycles. The van der Waals surface area contributed by atoms with Crippen molar-refractivity contribution in [1.29, 1.82) is 0 Å². The van der Waals surface area contributed by atoms with Crippen molar-refractivity contribution in [3.63, 3.8) is 0 Å². The summed E-state index contributed by atoms with van der Waals surface area (Å²) in [5.41, 5.74) is -1.01. The number of hydrogen-bond donors (Lipinski definition) is 2. The number of halogens is 1. The van der Waals surface area contributed by atoms with E-state index in [1.54, 1.807) is 39.0 Å². The van der Waals surface area contributed by atoms with Crippen LogP contribution in [-0.4, -0.2) is 29.6 Å². The number of ether oxygens (including phenoxy) is 1. The molecular formula is C14H18BrNO4. The normalized spacial score (nSPS) is 12.6. The van der Waals surface area contributed by atoms with Crippen molar-refractivity contribution in [2.75, 3.05) is 6.54 Å². The fourth-order valence-electron chi connectivity index (χ4n) is 1.33. The number of carbonyl (C=O) groups is 2. The van der Waals surface area contributed by atoms with Crippen LogP contribution < -0.4 is 10.1 Å². The fraction of sp³-hybridized carbons (Fsp3) is 0.429. The molecule has 110 valence electrons. The molecule has 0 heterocycles. The second kappa shape index (κ2) is 6.74. The first-order valence-corrected chi connectivity index (χ1v) is 6.95. The molecule has 1 aromatic rings. The van der Waals surface area contributed by atoms with Crippen LogP contribution in [0.5, 0.6) is 5.75 Å². The number of amides is 1. The van der Waals surface area contributed by atoms with Crippen molar-refractivity contribution in [2.45, 2.75) is 26.9 Å². The summed E-state index contributed by atoms with van der Waals surface area (Å²) in [5.74, 6) is -0.739. The monoisotopic (exact) mass is 343 g/mol. The highest BCUT2D eigenvalue weighted by atomic mass is 79.9. The molecule has 0 saturated carbocycles. The van der Waals surface area contributed by atoms with Gasteiger partial charge in [0.15, 0.2) is 6.10 Å². The highest BCUT2D eigenvalue weighted by molar-refractivity contribution is 9.10. The summed E-state index contributed by atoms with van der Waals surface area (Å²) in [5, 5.41) is 11.6. The van der Waals surface area contributed by atoms with Crippen LogP contribution in [0.4, 0.5) is 0 Å². The summed E-state index contributed by atoms with van der Waals surface area (Å²) >= 11 is 3.32. The van der Waals surface area contributed by atoms with Gasteiger partial charge < -0.3 is 15.2 Å². The van der Waals surface area contributed by atoms with Crippen LogP contribution in [0.2, 0.25) is 0 Å². The molecule has 1 amide bonds. The number of rotatable bonds is 6. The zero-order valence-electron chi connectivity index (χ0n) is 11.6. The van der Waals surface area contributed by atoms with Gasteiger partial charge in [-0.3, -0.25) is 9.59 Å². The maximum absolute atomic E-state index is 11.9. The Morgan fingerprint density at radius 3 is 2.65 bits per heavy atom. The van der Waals surface area contributed by atoms with Crippen LogP contribution in [0.15, 0.2) is 28.7 Å². The van der Waals surface area contributed by atoms with E-state index in [0.717, 1.165) is 4.47 Å². The van der Waals surface area contributed by atoms with E-state index in [-0.39, 0.29) is 12.5 Å². The van der Waals surface area contributed by atoms with E-state index in [1.165, 1.54) is 0 Å². The van der Waals surface area contributed by atoms with Crippen molar-refractivity contribution < 1.29 is 19.4 Å². The predicted octanol–water partition coefficient (Wildman–Crippen LogP) is 2.44. The number of nitrogens with one attached hydrogen (secondary N) is 1. The van der Waals surface area contributed by atoms with Crippen LogP contribution in [-0.2, 0) is 9.59 Å². The Labute approximate surface area is 126 Å². The molecule has 0 aliphatic rings. The van der Waals surface area contributed by atoms with Crippen LogP contribution in [0, 0.1) is 5.41 Å². The lowest BCUT2D eigenvalue weighted by Gasteiger charge is -2.21. The Hall–Kier alpha value is -1.56. The summed E-state index contributed by atoms with van der Waals surface area (Å²) < 4.78 is 6.35. The van der Waals surface area contributed by atoms with E-state index in [0.29, 0.717) is 5.75 Å². The third-order valence-corrected chi connectivity index (χ3v) is 3.25. The van der Waals surface area contributed by atoms with E-state index in [4.69, 9.17) is 9.84 Å². The van der Waals surface area contributed by atoms with Gasteiger partial charge in [0.25, 0.3) is 5.91 Å². The molecule has 0 spiro atoms. The largest absolute Gasteiger partial charge is 0.481 e. The maximum atomic E-state index is 11.9. The molecule has 1 aromatic carbocycles. The highest BCUT2D eigenvalue weighted by Crippen LogP contribution is 2.19. The van der Waals surface area contributed by atoms with Gasteiger partial charge in [0.1, 0.15) is 5.75 Å². The predicted molar refractivity (Wildman–Crippen MR) is 78.7 cm³/mol. The van der Waals surface area contributed by atoms with Crippen LogP contribution in [0.1, 0.15) is 20.8 Å². The molecule has 0 radical (unpaired) electrons. The minimum atomic E-state index is -1.01. The first-order valence-electron chi connectivity index (χ1n) is 6.16. The number of carboxylic acids is 1. The second-order valence-corrected chi connectivity index (χ2v) is 6.04. The summed E-state index contributed by atoms with van der Waals surface area (Å²) in [6, 6.07) is 7.16. The Morgan fingerprint density at radius 2 is 2.10 bits per heavy atom. The number of aliphatic carboxylic acids is 1. The van der Waals surface area contributed by atoms with Crippen molar-refractivity contribution in [1.82, 2.24) is 5.32 Å². The average molecular weight is 344 g/mol. The minimum absolute atomic E-state index is 0.0490. The van der Waals surface area contributed by atoms with E-state index in [1.807, 2.05) is 6.07 Å². The molecule has 0 aromatic heterocycles. The number of hydrogen-bond acceptors (Lipinski definition) is 3. The molecule has 0 bridgehead atoms. The Kier molecular flexibility index (Phi) is 5.56. The third kappa shape index (κ3) is 4.85. The van der Waals surface area contributed by atoms with Gasteiger partial charge in [-0.25, -0.2) is 0 Å². The molecule has 1 atom stereocenters. The van der Waals surface area contributed by atoms with Gasteiger partial charge in [0.2, 0.25) is 0 Å². The summed E-state index contributed by atoms with van der Waals surface area (Å²) in [6.07, 6.45) is -0.700. The maximum Gasteiger partial charge on any atom is 0.310 e. The number of carbonyl (C=O) groups excluding carboxylic acids is 1.